The van der Waals surface area contributed by atoms with Gasteiger partial charge in [-0.3, -0.25) is 9.89 Å². The van der Waals surface area contributed by atoms with Crippen molar-refractivity contribution in [1.29, 1.82) is 0 Å². The Morgan fingerprint density at radius 3 is 2.55 bits per heavy atom. The highest BCUT2D eigenvalue weighted by Gasteiger charge is 2.42. The van der Waals surface area contributed by atoms with Crippen molar-refractivity contribution in [2.45, 2.75) is 19.9 Å². The van der Waals surface area contributed by atoms with Gasteiger partial charge in [-0.15, -0.1) is 0 Å². The lowest BCUT2D eigenvalue weighted by Crippen LogP contribution is -2.32. The molecule has 0 radical (unpaired) electrons. The van der Waals surface area contributed by atoms with Crippen molar-refractivity contribution in [1.82, 2.24) is 15.1 Å². The van der Waals surface area contributed by atoms with Crippen molar-refractivity contribution < 1.29 is 19.0 Å². The number of nitrogens with one attached hydrogen (secondary N) is 1. The van der Waals surface area contributed by atoms with Gasteiger partial charge in [0.2, 0.25) is 0 Å². The Balaban J connectivity index is 1.84. The molecule has 0 fully saturated rings. The minimum Gasteiger partial charge on any atom is -0.493 e. The molecule has 3 aromatic rings. The van der Waals surface area contributed by atoms with Crippen LogP contribution in [0, 0.1) is 6.92 Å². The first-order valence-electron chi connectivity index (χ1n) is 10.3. The minimum absolute atomic E-state index is 0.0873. The van der Waals surface area contributed by atoms with Crippen LogP contribution in [0.5, 0.6) is 11.5 Å². The lowest BCUT2D eigenvalue weighted by atomic mass is 9.95. The number of amides is 1. The Bertz CT molecular complexity index is 1070. The first-order valence-corrected chi connectivity index (χ1v) is 10.3. The van der Waals surface area contributed by atoms with E-state index in [1.165, 1.54) is 5.56 Å². The second-order valence-electron chi connectivity index (χ2n) is 7.46. The molecular formula is C24H27N3O4. The van der Waals surface area contributed by atoms with E-state index in [1.807, 2.05) is 61.2 Å². The molecular weight excluding hydrogens is 394 g/mol. The number of nitrogens with zero attached hydrogens (tertiary/aromatic N) is 2. The summed E-state index contributed by atoms with van der Waals surface area (Å²) >= 11 is 0. The van der Waals surface area contributed by atoms with Crippen LogP contribution in [0.1, 0.15) is 40.1 Å². The van der Waals surface area contributed by atoms with Gasteiger partial charge < -0.3 is 19.1 Å². The number of aryl methyl sites for hydroxylation is 1. The van der Waals surface area contributed by atoms with Gasteiger partial charge in [-0.2, -0.15) is 5.10 Å². The predicted octanol–water partition coefficient (Wildman–Crippen LogP) is 3.98. The first-order chi connectivity index (χ1) is 15.1. The third-order valence-corrected chi connectivity index (χ3v) is 5.53. The number of aromatic amines is 1. The standard InChI is InChI=1S/C24H27N3O4/c1-5-31-18-11-10-17(14-19(18)30-4)23-20-21(16-8-6-15(2)7-9-16)25-26-22(20)24(28)27(23)12-13-29-3/h6-11,14,23H,5,12-13H2,1-4H3,(H,25,26). The number of hydrogen-bond acceptors (Lipinski definition) is 5. The van der Waals surface area contributed by atoms with Gasteiger partial charge in [0.1, 0.15) is 5.69 Å². The summed E-state index contributed by atoms with van der Waals surface area (Å²) in [6.45, 7) is 5.42. The molecule has 31 heavy (non-hydrogen) atoms. The summed E-state index contributed by atoms with van der Waals surface area (Å²) in [5.74, 6) is 1.22. The molecule has 0 saturated heterocycles. The summed E-state index contributed by atoms with van der Waals surface area (Å²) in [5, 5.41) is 7.49. The average molecular weight is 421 g/mol. The molecule has 162 valence electrons. The van der Waals surface area contributed by atoms with Crippen molar-refractivity contribution in [3.63, 3.8) is 0 Å². The molecule has 1 aliphatic rings. The quantitative estimate of drug-likeness (QED) is 0.595. The highest BCUT2D eigenvalue weighted by atomic mass is 16.5. The molecule has 1 N–H and O–H groups in total. The normalized spacial score (nSPS) is 15.3. The van der Waals surface area contributed by atoms with E-state index in [4.69, 9.17) is 14.2 Å². The molecule has 2 heterocycles. The highest BCUT2D eigenvalue weighted by molar-refractivity contribution is 6.00. The Hall–Kier alpha value is -3.32. The number of hydrogen-bond donors (Lipinski definition) is 1. The van der Waals surface area contributed by atoms with E-state index in [2.05, 4.69) is 10.2 Å². The Morgan fingerprint density at radius 2 is 1.87 bits per heavy atom. The summed E-state index contributed by atoms with van der Waals surface area (Å²) < 4.78 is 16.5. The predicted molar refractivity (Wildman–Crippen MR) is 118 cm³/mol. The molecule has 4 rings (SSSR count). The molecule has 0 saturated carbocycles. The van der Waals surface area contributed by atoms with Gasteiger partial charge in [-0.25, -0.2) is 0 Å². The zero-order valence-corrected chi connectivity index (χ0v) is 18.3. The topological polar surface area (TPSA) is 76.7 Å². The fourth-order valence-electron chi connectivity index (χ4n) is 4.02. The molecule has 7 nitrogen and oxygen atoms in total. The van der Waals surface area contributed by atoms with Crippen LogP contribution in [-0.4, -0.2) is 55.0 Å². The van der Waals surface area contributed by atoms with Crippen molar-refractivity contribution in [3.8, 4) is 22.8 Å². The molecule has 2 aromatic carbocycles. The largest absolute Gasteiger partial charge is 0.493 e. The van der Waals surface area contributed by atoms with Gasteiger partial charge in [-0.1, -0.05) is 35.9 Å². The number of rotatable bonds is 8. The lowest BCUT2D eigenvalue weighted by molar-refractivity contribution is 0.0677. The number of carbonyl (C=O) groups is 1. The smallest absolute Gasteiger partial charge is 0.273 e. The Labute approximate surface area is 181 Å². The van der Waals surface area contributed by atoms with Crippen molar-refractivity contribution in [3.05, 3.63) is 64.8 Å². The summed E-state index contributed by atoms with van der Waals surface area (Å²) in [6, 6.07) is 13.6. The number of carbonyl (C=O) groups excluding carboxylic acids is 1. The van der Waals surface area contributed by atoms with Crippen LogP contribution in [0.15, 0.2) is 42.5 Å². The van der Waals surface area contributed by atoms with Crippen LogP contribution < -0.4 is 9.47 Å². The molecule has 1 aromatic heterocycles. The number of ether oxygens (including phenoxy) is 3. The monoisotopic (exact) mass is 421 g/mol. The number of aromatic nitrogens is 2. The second kappa shape index (κ2) is 8.81. The van der Waals surface area contributed by atoms with E-state index in [9.17, 15) is 4.79 Å². The van der Waals surface area contributed by atoms with Crippen molar-refractivity contribution in [2.75, 3.05) is 34.0 Å². The van der Waals surface area contributed by atoms with Gasteiger partial charge in [-0.05, 0) is 31.5 Å². The molecule has 1 amide bonds. The summed E-state index contributed by atoms with van der Waals surface area (Å²) in [5.41, 5.74) is 5.23. The zero-order chi connectivity index (χ0) is 22.0. The maximum Gasteiger partial charge on any atom is 0.273 e. The third-order valence-electron chi connectivity index (χ3n) is 5.53. The molecule has 1 unspecified atom stereocenters. The summed E-state index contributed by atoms with van der Waals surface area (Å²) in [6.07, 6.45) is 0. The second-order valence-corrected chi connectivity index (χ2v) is 7.46. The maximum absolute atomic E-state index is 13.3. The lowest BCUT2D eigenvalue weighted by Gasteiger charge is -2.26. The van der Waals surface area contributed by atoms with Crippen LogP contribution >= 0.6 is 0 Å². The zero-order valence-electron chi connectivity index (χ0n) is 18.3. The highest BCUT2D eigenvalue weighted by Crippen LogP contribution is 2.44. The molecule has 0 spiro atoms. The fourth-order valence-corrected chi connectivity index (χ4v) is 4.02. The summed E-state index contributed by atoms with van der Waals surface area (Å²) in [4.78, 5) is 15.1. The van der Waals surface area contributed by atoms with Gasteiger partial charge in [0, 0.05) is 24.8 Å². The Morgan fingerprint density at radius 1 is 1.10 bits per heavy atom. The molecule has 7 heteroatoms. The van der Waals surface area contributed by atoms with Crippen molar-refractivity contribution >= 4 is 5.91 Å². The van der Waals surface area contributed by atoms with E-state index >= 15 is 0 Å². The van der Waals surface area contributed by atoms with Gasteiger partial charge in [0.05, 0.1) is 32.1 Å². The third kappa shape index (κ3) is 3.77. The average Bonchev–Trinajstić information content (AvgIpc) is 3.32. The van der Waals surface area contributed by atoms with Gasteiger partial charge in [0.15, 0.2) is 11.5 Å². The number of benzene rings is 2. The molecule has 0 aliphatic carbocycles. The van der Waals surface area contributed by atoms with E-state index < -0.39 is 0 Å². The van der Waals surface area contributed by atoms with E-state index in [-0.39, 0.29) is 11.9 Å². The SMILES string of the molecule is CCOc1ccc(C2c3c(-c4ccc(C)cc4)n[nH]c3C(=O)N2CCOC)cc1OC. The number of fused-ring (bicyclic) bond motifs is 1. The molecule has 1 aliphatic heterocycles. The van der Waals surface area contributed by atoms with E-state index in [1.54, 1.807) is 14.2 Å². The van der Waals surface area contributed by atoms with Crippen LogP contribution in [0.3, 0.4) is 0 Å². The number of H-pyrrole nitrogens is 1. The minimum atomic E-state index is -0.308. The molecule has 0 bridgehead atoms. The van der Waals surface area contributed by atoms with E-state index in [0.29, 0.717) is 37.0 Å². The van der Waals surface area contributed by atoms with Crippen LogP contribution in [0.2, 0.25) is 0 Å². The Kier molecular flexibility index (Phi) is 5.95. The number of methoxy groups -OCH3 is 2. The molecule has 1 atom stereocenters. The van der Waals surface area contributed by atoms with Gasteiger partial charge >= 0.3 is 0 Å². The summed E-state index contributed by atoms with van der Waals surface area (Å²) in [7, 11) is 3.25. The van der Waals surface area contributed by atoms with E-state index in [0.717, 1.165) is 22.4 Å². The van der Waals surface area contributed by atoms with Crippen LogP contribution in [-0.2, 0) is 4.74 Å². The van der Waals surface area contributed by atoms with Crippen LogP contribution in [0.4, 0.5) is 0 Å². The van der Waals surface area contributed by atoms with Gasteiger partial charge in [0.25, 0.3) is 5.91 Å². The van der Waals surface area contributed by atoms with Crippen molar-refractivity contribution in [2.24, 2.45) is 0 Å². The maximum atomic E-state index is 13.3. The first kappa shape index (κ1) is 20.9. The fraction of sp³-hybridized carbons (Fsp3) is 0.333. The van der Waals surface area contributed by atoms with Crippen LogP contribution in [0.25, 0.3) is 11.3 Å².